The maximum absolute atomic E-state index is 11.5. The van der Waals surface area contributed by atoms with Crippen LogP contribution in [0, 0.1) is 0 Å². The molecule has 0 aromatic heterocycles. The number of urea groups is 1. The van der Waals surface area contributed by atoms with Crippen LogP contribution in [0.5, 0.6) is 0 Å². The Morgan fingerprint density at radius 1 is 1.56 bits per heavy atom. The molecule has 16 heavy (non-hydrogen) atoms. The van der Waals surface area contributed by atoms with E-state index in [9.17, 15) is 4.79 Å². The maximum atomic E-state index is 11.5. The third-order valence-corrected chi connectivity index (χ3v) is 3.07. The number of anilines is 2. The fourth-order valence-corrected chi connectivity index (χ4v) is 1.36. The van der Waals surface area contributed by atoms with Gasteiger partial charge in [0, 0.05) is 23.2 Å². The maximum Gasteiger partial charge on any atom is 0.319 e. The lowest BCUT2D eigenvalue weighted by Gasteiger charge is -2.11. The summed E-state index contributed by atoms with van der Waals surface area (Å²) < 4.78 is 0. The van der Waals surface area contributed by atoms with Crippen LogP contribution in [0.25, 0.3) is 0 Å². The highest BCUT2D eigenvalue weighted by atomic mass is 32.2. The number of nitrogens with one attached hydrogen (secondary N) is 2. The van der Waals surface area contributed by atoms with Gasteiger partial charge in [-0.3, -0.25) is 0 Å². The van der Waals surface area contributed by atoms with E-state index in [1.165, 1.54) is 0 Å². The smallest absolute Gasteiger partial charge is 0.319 e. The zero-order valence-corrected chi connectivity index (χ0v) is 10.3. The fraction of sp³-hybridized carbons (Fsp3) is 0.364. The number of rotatable bonds is 4. The Balaban J connectivity index is 2.40. The van der Waals surface area contributed by atoms with Crippen molar-refractivity contribution >= 4 is 29.2 Å². The lowest BCUT2D eigenvalue weighted by atomic mass is 10.3. The van der Waals surface area contributed by atoms with Gasteiger partial charge >= 0.3 is 6.03 Å². The van der Waals surface area contributed by atoms with Crippen molar-refractivity contribution in [3.63, 3.8) is 0 Å². The largest absolute Gasteiger partial charge is 0.399 e. The van der Waals surface area contributed by atoms with E-state index in [4.69, 9.17) is 5.73 Å². The molecule has 1 atom stereocenters. The van der Waals surface area contributed by atoms with Gasteiger partial charge in [-0.2, -0.15) is 11.8 Å². The van der Waals surface area contributed by atoms with Crippen molar-refractivity contribution in [3.8, 4) is 0 Å². The molecule has 1 aromatic rings. The van der Waals surface area contributed by atoms with Crippen molar-refractivity contribution < 1.29 is 4.79 Å². The monoisotopic (exact) mass is 239 g/mol. The predicted octanol–water partition coefficient (Wildman–Crippen LogP) is 2.14. The molecule has 0 saturated heterocycles. The quantitative estimate of drug-likeness (QED) is 0.705. The molecule has 88 valence electrons. The van der Waals surface area contributed by atoms with Gasteiger partial charge in [-0.1, -0.05) is 13.0 Å². The van der Waals surface area contributed by atoms with E-state index in [0.717, 1.165) is 0 Å². The topological polar surface area (TPSA) is 67.2 Å². The Labute approximate surface area is 100.0 Å². The first-order valence-corrected chi connectivity index (χ1v) is 6.34. The van der Waals surface area contributed by atoms with Gasteiger partial charge in [0.05, 0.1) is 0 Å². The lowest BCUT2D eigenvalue weighted by molar-refractivity contribution is 0.252. The molecule has 0 heterocycles. The minimum atomic E-state index is -0.202. The molecule has 2 amide bonds. The molecule has 4 N–H and O–H groups in total. The molecule has 0 fully saturated rings. The second-order valence-electron chi connectivity index (χ2n) is 3.51. The van der Waals surface area contributed by atoms with Gasteiger partial charge in [-0.25, -0.2) is 4.79 Å². The van der Waals surface area contributed by atoms with Crippen molar-refractivity contribution in [2.75, 3.05) is 23.9 Å². The SMILES string of the molecule is CSC(C)CNC(=O)Nc1cccc(N)c1. The van der Waals surface area contributed by atoms with Crippen molar-refractivity contribution in [2.45, 2.75) is 12.2 Å². The van der Waals surface area contributed by atoms with Crippen molar-refractivity contribution in [1.29, 1.82) is 0 Å². The molecule has 0 aliphatic carbocycles. The summed E-state index contributed by atoms with van der Waals surface area (Å²) in [5.74, 6) is 0. The zero-order chi connectivity index (χ0) is 12.0. The molecule has 4 nitrogen and oxygen atoms in total. The van der Waals surface area contributed by atoms with E-state index in [0.29, 0.717) is 23.2 Å². The van der Waals surface area contributed by atoms with Crippen molar-refractivity contribution in [2.24, 2.45) is 0 Å². The summed E-state index contributed by atoms with van der Waals surface area (Å²) in [6.07, 6.45) is 2.02. The van der Waals surface area contributed by atoms with Crippen LogP contribution >= 0.6 is 11.8 Å². The Morgan fingerprint density at radius 2 is 2.31 bits per heavy atom. The van der Waals surface area contributed by atoms with E-state index in [1.54, 1.807) is 36.0 Å². The average Bonchev–Trinajstić information content (AvgIpc) is 2.26. The molecular weight excluding hydrogens is 222 g/mol. The van der Waals surface area contributed by atoms with Crippen LogP contribution in [-0.4, -0.2) is 24.1 Å². The molecule has 0 aliphatic rings. The second-order valence-corrected chi connectivity index (χ2v) is 4.78. The highest BCUT2D eigenvalue weighted by molar-refractivity contribution is 7.99. The van der Waals surface area contributed by atoms with Gasteiger partial charge in [0.1, 0.15) is 0 Å². The number of carbonyl (C=O) groups is 1. The molecule has 1 rings (SSSR count). The summed E-state index contributed by atoms with van der Waals surface area (Å²) in [5.41, 5.74) is 6.94. The summed E-state index contributed by atoms with van der Waals surface area (Å²) in [4.78, 5) is 11.5. The predicted molar refractivity (Wildman–Crippen MR) is 70.9 cm³/mol. The number of thioether (sulfide) groups is 1. The Hall–Kier alpha value is -1.36. The van der Waals surface area contributed by atoms with Gasteiger partial charge in [0.15, 0.2) is 0 Å². The number of carbonyl (C=O) groups excluding carboxylic acids is 1. The highest BCUT2D eigenvalue weighted by Gasteiger charge is 2.04. The van der Waals surface area contributed by atoms with Crippen molar-refractivity contribution in [3.05, 3.63) is 24.3 Å². The third kappa shape index (κ3) is 4.44. The molecule has 1 unspecified atom stereocenters. The van der Waals surface area contributed by atoms with E-state index in [2.05, 4.69) is 17.6 Å². The van der Waals surface area contributed by atoms with Gasteiger partial charge in [0.2, 0.25) is 0 Å². The molecule has 0 saturated carbocycles. The van der Waals surface area contributed by atoms with Crippen LogP contribution in [0.3, 0.4) is 0 Å². The van der Waals surface area contributed by atoms with Crippen LogP contribution in [0.4, 0.5) is 16.2 Å². The average molecular weight is 239 g/mol. The molecule has 0 spiro atoms. The Morgan fingerprint density at radius 3 is 2.94 bits per heavy atom. The van der Waals surface area contributed by atoms with Crippen LogP contribution in [0.15, 0.2) is 24.3 Å². The fourth-order valence-electron chi connectivity index (χ4n) is 1.11. The first kappa shape index (κ1) is 12.7. The Kier molecular flexibility index (Phi) is 4.98. The van der Waals surface area contributed by atoms with Crippen LogP contribution in [-0.2, 0) is 0 Å². The third-order valence-electron chi connectivity index (χ3n) is 2.10. The van der Waals surface area contributed by atoms with Gasteiger partial charge in [0.25, 0.3) is 0 Å². The summed E-state index contributed by atoms with van der Waals surface area (Å²) >= 11 is 1.71. The highest BCUT2D eigenvalue weighted by Crippen LogP contribution is 2.11. The lowest BCUT2D eigenvalue weighted by Crippen LogP contribution is -2.33. The first-order valence-electron chi connectivity index (χ1n) is 5.05. The molecule has 0 radical (unpaired) electrons. The second kappa shape index (κ2) is 6.27. The van der Waals surface area contributed by atoms with E-state index < -0.39 is 0 Å². The minimum absolute atomic E-state index is 0.202. The number of nitrogens with two attached hydrogens (primary N) is 1. The van der Waals surface area contributed by atoms with Crippen molar-refractivity contribution in [1.82, 2.24) is 5.32 Å². The van der Waals surface area contributed by atoms with E-state index in [-0.39, 0.29) is 6.03 Å². The summed E-state index contributed by atoms with van der Waals surface area (Å²) in [5, 5.41) is 5.92. The molecular formula is C11H17N3OS. The summed E-state index contributed by atoms with van der Waals surface area (Å²) in [6.45, 7) is 2.71. The first-order chi connectivity index (χ1) is 7.61. The molecule has 5 heteroatoms. The number of hydrogen-bond acceptors (Lipinski definition) is 3. The minimum Gasteiger partial charge on any atom is -0.399 e. The van der Waals surface area contributed by atoms with Crippen LogP contribution in [0.1, 0.15) is 6.92 Å². The van der Waals surface area contributed by atoms with Gasteiger partial charge < -0.3 is 16.4 Å². The van der Waals surface area contributed by atoms with Crippen LogP contribution < -0.4 is 16.4 Å². The summed E-state index contributed by atoms with van der Waals surface area (Å²) in [6, 6.07) is 6.89. The number of nitrogen functional groups attached to an aromatic ring is 1. The normalized spacial score (nSPS) is 11.9. The number of hydrogen-bond donors (Lipinski definition) is 3. The van der Waals surface area contributed by atoms with Gasteiger partial charge in [-0.15, -0.1) is 0 Å². The Bertz CT molecular complexity index is 357. The molecule has 0 bridgehead atoms. The van der Waals surface area contributed by atoms with E-state index >= 15 is 0 Å². The molecule has 0 aliphatic heterocycles. The van der Waals surface area contributed by atoms with Crippen LogP contribution in [0.2, 0.25) is 0 Å². The van der Waals surface area contributed by atoms with Gasteiger partial charge in [-0.05, 0) is 24.5 Å². The number of benzene rings is 1. The van der Waals surface area contributed by atoms with E-state index in [1.807, 2.05) is 6.26 Å². The standard InChI is InChI=1S/C11H17N3OS/c1-8(16-2)7-13-11(15)14-10-5-3-4-9(12)6-10/h3-6,8H,7,12H2,1-2H3,(H2,13,14,15). The molecule has 1 aromatic carbocycles. The number of amides is 2. The summed E-state index contributed by atoms with van der Waals surface area (Å²) in [7, 11) is 0. The zero-order valence-electron chi connectivity index (χ0n) is 9.49.